The Morgan fingerprint density at radius 3 is 2.32 bits per heavy atom. The molecule has 0 bridgehead atoms. The number of benzene rings is 3. The van der Waals surface area contributed by atoms with Crippen LogP contribution in [0.4, 0.5) is 26.0 Å². The number of rotatable bonds is 10. The predicted molar refractivity (Wildman–Crippen MR) is 168 cm³/mol. The summed E-state index contributed by atoms with van der Waals surface area (Å²) in [5.41, 5.74) is 3.69. The molecule has 228 valence electrons. The van der Waals surface area contributed by atoms with Gasteiger partial charge in [0.25, 0.3) is 10.0 Å². The molecule has 3 heterocycles. The van der Waals surface area contributed by atoms with Crippen LogP contribution in [0.1, 0.15) is 6.42 Å². The molecule has 0 spiro atoms. The number of halogens is 2. The van der Waals surface area contributed by atoms with Crippen molar-refractivity contribution in [2.45, 2.75) is 17.9 Å². The van der Waals surface area contributed by atoms with Gasteiger partial charge in [-0.05, 0) is 74.6 Å². The van der Waals surface area contributed by atoms with Crippen LogP contribution < -0.4 is 10.0 Å². The summed E-state index contributed by atoms with van der Waals surface area (Å²) in [4.78, 5) is 12.7. The standard InChI is InChI=1S/C32H33F2N7O2S/c1-39-16-18-40(19-17-39)13-3-14-41-15-12-24-20-23(6-11-30(24)41)29-21-31(36-22-35-29)37-25-7-9-26(10-8-25)38-44(42,43)32-27(33)4-2-5-28(32)34/h2,4-12,15,20-22,38H,3,13-14,16-19H2,1H3,(H,35,36,37). The first kappa shape index (κ1) is 29.7. The molecule has 12 heteroatoms. The zero-order chi connectivity index (χ0) is 30.7. The minimum Gasteiger partial charge on any atom is -0.347 e. The molecule has 0 aliphatic carbocycles. The van der Waals surface area contributed by atoms with E-state index in [4.69, 9.17) is 0 Å². The van der Waals surface area contributed by atoms with Crippen LogP contribution in [0.25, 0.3) is 22.2 Å². The molecule has 6 rings (SSSR count). The van der Waals surface area contributed by atoms with Crippen LogP contribution in [0.2, 0.25) is 0 Å². The summed E-state index contributed by atoms with van der Waals surface area (Å²) in [7, 11) is -2.28. The van der Waals surface area contributed by atoms with Gasteiger partial charge in [0, 0.05) is 72.8 Å². The smallest absolute Gasteiger partial charge is 0.267 e. The van der Waals surface area contributed by atoms with Gasteiger partial charge in [0.05, 0.1) is 5.69 Å². The fourth-order valence-corrected chi connectivity index (χ4v) is 6.59. The number of likely N-dealkylation sites (N-methyl/N-ethyl adjacent to an activating group) is 1. The van der Waals surface area contributed by atoms with Crippen molar-refractivity contribution in [2.24, 2.45) is 0 Å². The second-order valence-electron chi connectivity index (χ2n) is 10.9. The highest BCUT2D eigenvalue weighted by Gasteiger charge is 2.24. The van der Waals surface area contributed by atoms with Crippen molar-refractivity contribution in [3.63, 3.8) is 0 Å². The first-order valence-corrected chi connectivity index (χ1v) is 15.9. The maximum atomic E-state index is 14.0. The third-order valence-corrected chi connectivity index (χ3v) is 9.23. The summed E-state index contributed by atoms with van der Waals surface area (Å²) in [6.45, 7) is 6.61. The average molecular weight is 618 g/mol. The van der Waals surface area contributed by atoms with Crippen molar-refractivity contribution >= 4 is 38.1 Å². The summed E-state index contributed by atoms with van der Waals surface area (Å²) in [6, 6.07) is 19.4. The van der Waals surface area contributed by atoms with E-state index in [2.05, 4.69) is 71.9 Å². The Bertz CT molecular complexity index is 1850. The SMILES string of the molecule is CN1CCN(CCCn2ccc3cc(-c4cc(Nc5ccc(NS(=O)(=O)c6c(F)cccc6F)cc5)ncn4)ccc32)CC1. The molecule has 0 unspecified atom stereocenters. The van der Waals surface area contributed by atoms with E-state index in [0.717, 1.165) is 80.5 Å². The summed E-state index contributed by atoms with van der Waals surface area (Å²) in [5, 5.41) is 4.33. The summed E-state index contributed by atoms with van der Waals surface area (Å²) in [5.74, 6) is -1.77. The molecular weight excluding hydrogens is 584 g/mol. The molecule has 2 aromatic heterocycles. The summed E-state index contributed by atoms with van der Waals surface area (Å²) < 4.78 is 57.7. The molecule has 1 aliphatic rings. The molecule has 2 N–H and O–H groups in total. The van der Waals surface area contributed by atoms with E-state index < -0.39 is 26.6 Å². The van der Waals surface area contributed by atoms with E-state index in [-0.39, 0.29) is 5.69 Å². The molecule has 1 fully saturated rings. The molecule has 1 saturated heterocycles. The molecule has 0 radical (unpaired) electrons. The monoisotopic (exact) mass is 617 g/mol. The van der Waals surface area contributed by atoms with E-state index in [1.807, 2.05) is 6.07 Å². The Balaban J connectivity index is 1.09. The number of sulfonamides is 1. The Labute approximate surface area is 255 Å². The van der Waals surface area contributed by atoms with Crippen molar-refractivity contribution in [3.8, 4) is 11.3 Å². The zero-order valence-electron chi connectivity index (χ0n) is 24.2. The number of nitrogens with one attached hydrogen (secondary N) is 2. The number of hydrogen-bond donors (Lipinski definition) is 2. The average Bonchev–Trinajstić information content (AvgIpc) is 3.41. The highest BCUT2D eigenvalue weighted by Crippen LogP contribution is 2.27. The number of anilines is 3. The Kier molecular flexibility index (Phi) is 8.56. The number of hydrogen-bond acceptors (Lipinski definition) is 7. The topological polar surface area (TPSA) is 95.4 Å². The largest absolute Gasteiger partial charge is 0.347 e. The van der Waals surface area contributed by atoms with Crippen molar-refractivity contribution < 1.29 is 17.2 Å². The minimum atomic E-state index is -4.45. The van der Waals surface area contributed by atoms with Crippen LogP contribution in [0.15, 0.2) is 90.2 Å². The van der Waals surface area contributed by atoms with Crippen molar-refractivity contribution in [1.82, 2.24) is 24.3 Å². The van der Waals surface area contributed by atoms with E-state index in [0.29, 0.717) is 11.5 Å². The third kappa shape index (κ3) is 6.72. The second kappa shape index (κ2) is 12.7. The molecular formula is C32H33F2N7O2S. The Morgan fingerprint density at radius 2 is 1.57 bits per heavy atom. The van der Waals surface area contributed by atoms with Gasteiger partial charge in [0.2, 0.25) is 0 Å². The summed E-state index contributed by atoms with van der Waals surface area (Å²) >= 11 is 0. The first-order valence-electron chi connectivity index (χ1n) is 14.4. The number of fused-ring (bicyclic) bond motifs is 1. The minimum absolute atomic E-state index is 0.154. The lowest BCUT2D eigenvalue weighted by Gasteiger charge is -2.32. The van der Waals surface area contributed by atoms with Gasteiger partial charge in [0.1, 0.15) is 23.8 Å². The molecule has 5 aromatic rings. The molecule has 0 amide bonds. The lowest BCUT2D eigenvalue weighted by Crippen LogP contribution is -2.44. The molecule has 3 aromatic carbocycles. The van der Waals surface area contributed by atoms with E-state index in [1.54, 1.807) is 12.1 Å². The Morgan fingerprint density at radius 1 is 0.841 bits per heavy atom. The lowest BCUT2D eigenvalue weighted by atomic mass is 10.1. The number of nitrogens with zero attached hydrogens (tertiary/aromatic N) is 5. The van der Waals surface area contributed by atoms with Crippen LogP contribution in [-0.4, -0.2) is 72.5 Å². The lowest BCUT2D eigenvalue weighted by molar-refractivity contribution is 0.151. The fraction of sp³-hybridized carbons (Fsp3) is 0.250. The van der Waals surface area contributed by atoms with Gasteiger partial charge in [-0.2, -0.15) is 0 Å². The van der Waals surface area contributed by atoms with Gasteiger partial charge in [-0.25, -0.2) is 27.2 Å². The highest BCUT2D eigenvalue weighted by atomic mass is 32.2. The zero-order valence-corrected chi connectivity index (χ0v) is 25.1. The van der Waals surface area contributed by atoms with Gasteiger partial charge in [-0.3, -0.25) is 4.72 Å². The molecule has 44 heavy (non-hydrogen) atoms. The van der Waals surface area contributed by atoms with Gasteiger partial charge in [0.15, 0.2) is 4.90 Å². The van der Waals surface area contributed by atoms with Gasteiger partial charge >= 0.3 is 0 Å². The fourth-order valence-electron chi connectivity index (χ4n) is 5.39. The van der Waals surface area contributed by atoms with Crippen LogP contribution in [0.3, 0.4) is 0 Å². The van der Waals surface area contributed by atoms with Crippen molar-refractivity contribution in [2.75, 3.05) is 49.8 Å². The second-order valence-corrected chi connectivity index (χ2v) is 12.5. The Hall–Kier alpha value is -4.39. The van der Waals surface area contributed by atoms with E-state index in [1.165, 1.54) is 24.0 Å². The first-order chi connectivity index (χ1) is 21.2. The third-order valence-electron chi connectivity index (χ3n) is 7.80. The van der Waals surface area contributed by atoms with Gasteiger partial charge < -0.3 is 19.7 Å². The van der Waals surface area contributed by atoms with E-state index >= 15 is 0 Å². The normalized spacial score (nSPS) is 14.6. The summed E-state index contributed by atoms with van der Waals surface area (Å²) in [6.07, 6.45) is 4.73. The molecule has 9 nitrogen and oxygen atoms in total. The van der Waals surface area contributed by atoms with Gasteiger partial charge in [-0.1, -0.05) is 12.1 Å². The molecule has 0 saturated carbocycles. The molecule has 1 aliphatic heterocycles. The maximum Gasteiger partial charge on any atom is 0.267 e. The van der Waals surface area contributed by atoms with E-state index in [9.17, 15) is 17.2 Å². The number of piperazine rings is 1. The van der Waals surface area contributed by atoms with Crippen molar-refractivity contribution in [3.05, 3.63) is 97.0 Å². The highest BCUT2D eigenvalue weighted by molar-refractivity contribution is 7.92. The molecule has 0 atom stereocenters. The van der Waals surface area contributed by atoms with Crippen LogP contribution in [-0.2, 0) is 16.6 Å². The van der Waals surface area contributed by atoms with Crippen LogP contribution in [0.5, 0.6) is 0 Å². The predicted octanol–water partition coefficient (Wildman–Crippen LogP) is 5.56. The van der Waals surface area contributed by atoms with Crippen LogP contribution >= 0.6 is 0 Å². The quantitative estimate of drug-likeness (QED) is 0.212. The number of aromatic nitrogens is 3. The van der Waals surface area contributed by atoms with Crippen LogP contribution in [0, 0.1) is 11.6 Å². The number of aryl methyl sites for hydroxylation is 1. The van der Waals surface area contributed by atoms with Gasteiger partial charge in [-0.15, -0.1) is 0 Å². The maximum absolute atomic E-state index is 14.0. The van der Waals surface area contributed by atoms with Crippen molar-refractivity contribution in [1.29, 1.82) is 0 Å².